The number of nitrogens with one attached hydrogen (secondary N) is 1. The quantitative estimate of drug-likeness (QED) is 0.282. The third-order valence-electron chi connectivity index (χ3n) is 10.2. The molecule has 0 aromatic heterocycles. The molecule has 0 saturated heterocycles. The molecule has 5 nitrogen and oxygen atoms in total. The molecule has 2 aliphatic heterocycles. The first kappa shape index (κ1) is 28.7. The van der Waals surface area contributed by atoms with E-state index in [1.165, 1.54) is 29.5 Å². The SMILES string of the molecule is C=C1CCCC[C@@H](CC)S(=C)(=O)NC(=O)c2ccc3c(c2)N(C[C@@H]2CC[C@@H]12)C[C@@]1(CCCc2cc(Cl)ccc21)CO3. The van der Waals surface area contributed by atoms with Crippen LogP contribution in [0.2, 0.25) is 5.02 Å². The molecule has 2 aromatic carbocycles. The number of rotatable bonds is 1. The van der Waals surface area contributed by atoms with Gasteiger partial charge in [-0.2, -0.15) is 0 Å². The second-order valence-electron chi connectivity index (χ2n) is 12.8. The molecular weight excluding hydrogens is 552 g/mol. The minimum Gasteiger partial charge on any atom is -0.490 e. The number of anilines is 1. The van der Waals surface area contributed by atoms with Crippen LogP contribution in [0.4, 0.5) is 5.69 Å². The molecule has 1 unspecified atom stereocenters. The van der Waals surface area contributed by atoms with E-state index in [-0.39, 0.29) is 16.6 Å². The molecule has 2 heterocycles. The van der Waals surface area contributed by atoms with Crippen LogP contribution in [-0.4, -0.2) is 40.9 Å². The zero-order chi connectivity index (χ0) is 28.8. The van der Waals surface area contributed by atoms with Crippen LogP contribution in [0.25, 0.3) is 0 Å². The van der Waals surface area contributed by atoms with Crippen LogP contribution >= 0.6 is 11.6 Å². The summed E-state index contributed by atoms with van der Waals surface area (Å²) in [6.07, 6.45) is 10.1. The minimum atomic E-state index is -2.80. The number of nitrogens with zero attached hydrogens (tertiary/aromatic N) is 1. The molecule has 0 radical (unpaired) electrons. The maximum Gasteiger partial charge on any atom is 0.262 e. The van der Waals surface area contributed by atoms with Crippen LogP contribution in [0, 0.1) is 11.8 Å². The lowest BCUT2D eigenvalue weighted by molar-refractivity contribution is 0.0982. The monoisotopic (exact) mass is 594 g/mol. The predicted molar refractivity (Wildman–Crippen MR) is 171 cm³/mol. The second kappa shape index (κ2) is 11.3. The van der Waals surface area contributed by atoms with Crippen LogP contribution in [0.1, 0.15) is 86.2 Å². The molecule has 41 heavy (non-hydrogen) atoms. The summed E-state index contributed by atoms with van der Waals surface area (Å²) in [6.45, 7) is 8.88. The van der Waals surface area contributed by atoms with Gasteiger partial charge in [0.25, 0.3) is 5.91 Å². The van der Waals surface area contributed by atoms with Gasteiger partial charge >= 0.3 is 0 Å². The molecule has 1 amide bonds. The Labute approximate surface area is 250 Å². The van der Waals surface area contributed by atoms with Gasteiger partial charge in [0, 0.05) is 34.3 Å². The largest absolute Gasteiger partial charge is 0.490 e. The zero-order valence-electron chi connectivity index (χ0n) is 24.3. The lowest BCUT2D eigenvalue weighted by atomic mass is 9.67. The summed E-state index contributed by atoms with van der Waals surface area (Å²) < 4.78 is 23.1. The molecule has 4 aliphatic rings. The third kappa shape index (κ3) is 5.54. The fraction of sp³-hybridized carbons (Fsp3) is 0.529. The molecule has 5 atom stereocenters. The predicted octanol–water partition coefficient (Wildman–Crippen LogP) is 7.11. The van der Waals surface area contributed by atoms with Crippen molar-refractivity contribution in [3.05, 3.63) is 70.3 Å². The maximum absolute atomic E-state index is 13.6. The first-order valence-corrected chi connectivity index (χ1v) is 17.5. The Bertz CT molecular complexity index is 1450. The van der Waals surface area contributed by atoms with Crippen LogP contribution in [-0.2, 0) is 21.5 Å². The van der Waals surface area contributed by atoms with Crippen LogP contribution in [0.15, 0.2) is 48.6 Å². The standard InChI is InChI=1S/C34H43ClN2O3S/c1-4-28-10-6-5-8-23(2)29-14-11-26(29)20-37-21-34(17-7-9-24-18-27(35)13-15-30(24)34)22-40-32-16-12-25(19-31(32)37)33(38)36-41(28,3)39/h12-13,15-16,18-19,26,28-29H,2-11,14,17,20-22H2,1H3,(H,36,38,39)/t26-,28+,29-,34-,41?/m0/s1. The molecule has 220 valence electrons. The van der Waals surface area contributed by atoms with Crippen molar-refractivity contribution >= 4 is 38.8 Å². The maximum atomic E-state index is 13.6. The molecule has 7 heteroatoms. The highest BCUT2D eigenvalue weighted by atomic mass is 35.5. The van der Waals surface area contributed by atoms with Gasteiger partial charge < -0.3 is 9.64 Å². The number of carbonyl (C=O) groups excluding carboxylic acids is 1. The highest BCUT2D eigenvalue weighted by molar-refractivity contribution is 7.99. The van der Waals surface area contributed by atoms with Gasteiger partial charge in [0.15, 0.2) is 0 Å². The van der Waals surface area contributed by atoms with E-state index in [0.717, 1.165) is 80.9 Å². The molecule has 1 saturated carbocycles. The topological polar surface area (TPSA) is 58.6 Å². The fourth-order valence-electron chi connectivity index (χ4n) is 7.74. The zero-order valence-corrected chi connectivity index (χ0v) is 25.8. The second-order valence-corrected chi connectivity index (χ2v) is 15.6. The molecule has 1 fully saturated rings. The van der Waals surface area contributed by atoms with Gasteiger partial charge in [-0.15, -0.1) is 0 Å². The van der Waals surface area contributed by atoms with Crippen molar-refractivity contribution in [1.29, 1.82) is 0 Å². The van der Waals surface area contributed by atoms with E-state index in [0.29, 0.717) is 24.0 Å². The molecular formula is C34H43ClN2O3S. The van der Waals surface area contributed by atoms with E-state index in [4.69, 9.17) is 16.3 Å². The van der Waals surface area contributed by atoms with Gasteiger partial charge in [-0.25, -0.2) is 4.21 Å². The van der Waals surface area contributed by atoms with Gasteiger partial charge in [0.05, 0.1) is 22.0 Å². The number of benzene rings is 2. The number of ether oxygens (including phenoxy) is 1. The average molecular weight is 595 g/mol. The van der Waals surface area contributed by atoms with Gasteiger partial charge in [-0.3, -0.25) is 9.52 Å². The van der Waals surface area contributed by atoms with E-state index in [2.05, 4.69) is 34.2 Å². The van der Waals surface area contributed by atoms with Crippen molar-refractivity contribution in [1.82, 2.24) is 4.72 Å². The molecule has 2 aliphatic carbocycles. The highest BCUT2D eigenvalue weighted by Crippen LogP contribution is 2.47. The van der Waals surface area contributed by atoms with Gasteiger partial charge in [0.1, 0.15) is 5.75 Å². The number of aryl methyl sites for hydroxylation is 1. The van der Waals surface area contributed by atoms with Crippen molar-refractivity contribution in [2.45, 2.75) is 81.8 Å². The smallest absolute Gasteiger partial charge is 0.262 e. The van der Waals surface area contributed by atoms with E-state index < -0.39 is 9.71 Å². The minimum absolute atomic E-state index is 0.149. The molecule has 2 bridgehead atoms. The highest BCUT2D eigenvalue weighted by Gasteiger charge is 2.43. The van der Waals surface area contributed by atoms with E-state index in [1.807, 2.05) is 25.1 Å². The van der Waals surface area contributed by atoms with Crippen molar-refractivity contribution in [3.8, 4) is 5.75 Å². The van der Waals surface area contributed by atoms with E-state index in [1.54, 1.807) is 6.07 Å². The summed E-state index contributed by atoms with van der Waals surface area (Å²) in [5.74, 6) is 5.54. The molecule has 1 spiro atoms. The summed E-state index contributed by atoms with van der Waals surface area (Å²) in [5, 5.41) is 0.631. The number of hydrogen-bond donors (Lipinski definition) is 1. The van der Waals surface area contributed by atoms with Gasteiger partial charge in [-0.1, -0.05) is 43.2 Å². The van der Waals surface area contributed by atoms with Crippen molar-refractivity contribution in [2.24, 2.45) is 11.8 Å². The summed E-state index contributed by atoms with van der Waals surface area (Å²) in [6, 6.07) is 12.0. The molecule has 6 rings (SSSR count). The number of halogens is 1. The molecule has 1 N–H and O–H groups in total. The van der Waals surface area contributed by atoms with Crippen LogP contribution in [0.5, 0.6) is 5.75 Å². The van der Waals surface area contributed by atoms with E-state index >= 15 is 0 Å². The average Bonchev–Trinajstić information content (AvgIpc) is 3.07. The first-order valence-electron chi connectivity index (χ1n) is 15.4. The van der Waals surface area contributed by atoms with Gasteiger partial charge in [-0.05, 0) is 117 Å². The van der Waals surface area contributed by atoms with Gasteiger partial charge in [0.2, 0.25) is 0 Å². The summed E-state index contributed by atoms with van der Waals surface area (Å²) >= 11 is 6.42. The van der Waals surface area contributed by atoms with Crippen molar-refractivity contribution < 1.29 is 13.7 Å². The Morgan fingerprint density at radius 1 is 1.12 bits per heavy atom. The number of allylic oxidation sites excluding steroid dienone is 1. The first-order chi connectivity index (χ1) is 19.7. The number of hydrogen-bond acceptors (Lipinski definition) is 4. The number of carbonyl (C=O) groups is 1. The Balaban J connectivity index is 1.41. The number of amides is 1. The Kier molecular flexibility index (Phi) is 7.92. The van der Waals surface area contributed by atoms with Crippen LogP contribution in [0.3, 0.4) is 0 Å². The summed E-state index contributed by atoms with van der Waals surface area (Å²) in [5.41, 5.74) is 5.30. The van der Waals surface area contributed by atoms with Crippen molar-refractivity contribution in [3.63, 3.8) is 0 Å². The Hall–Kier alpha value is -2.44. The Morgan fingerprint density at radius 2 is 1.98 bits per heavy atom. The third-order valence-corrected chi connectivity index (χ3v) is 12.6. The summed E-state index contributed by atoms with van der Waals surface area (Å²) in [7, 11) is -2.80. The lowest BCUT2D eigenvalue weighted by Crippen LogP contribution is -2.48. The fourth-order valence-corrected chi connectivity index (χ4v) is 9.61. The number of fused-ring (bicyclic) bond motifs is 4. The normalized spacial score (nSPS) is 32.1. The lowest BCUT2D eigenvalue weighted by Gasteiger charge is -2.45. The van der Waals surface area contributed by atoms with Crippen molar-refractivity contribution in [2.75, 3.05) is 24.6 Å². The Morgan fingerprint density at radius 3 is 2.76 bits per heavy atom. The van der Waals surface area contributed by atoms with E-state index in [9.17, 15) is 9.00 Å². The molecule has 2 aromatic rings. The van der Waals surface area contributed by atoms with Crippen LogP contribution < -0.4 is 14.4 Å². The summed E-state index contributed by atoms with van der Waals surface area (Å²) in [4.78, 5) is 16.0.